The summed E-state index contributed by atoms with van der Waals surface area (Å²) in [7, 11) is 0. The first-order valence-corrected chi connectivity index (χ1v) is 9.43. The summed E-state index contributed by atoms with van der Waals surface area (Å²) in [5.74, 6) is -0.239. The lowest BCUT2D eigenvalue weighted by Gasteiger charge is -2.19. The molecule has 0 N–H and O–H groups in total. The van der Waals surface area contributed by atoms with Crippen molar-refractivity contribution < 1.29 is 8.78 Å². The Labute approximate surface area is 149 Å². The van der Waals surface area contributed by atoms with Gasteiger partial charge in [-0.25, -0.2) is 8.78 Å². The van der Waals surface area contributed by atoms with E-state index < -0.39 is 0 Å². The maximum Gasteiger partial charge on any atom is 0.130 e. The highest BCUT2D eigenvalue weighted by molar-refractivity contribution is 5.84. The lowest BCUT2D eigenvalue weighted by molar-refractivity contribution is 0.593. The molecule has 0 radical (unpaired) electrons. The van der Waals surface area contributed by atoms with Crippen molar-refractivity contribution in [3.8, 4) is 0 Å². The van der Waals surface area contributed by atoms with Crippen LogP contribution in [0.2, 0.25) is 0 Å². The van der Waals surface area contributed by atoms with E-state index in [1.54, 1.807) is 6.07 Å². The second-order valence-corrected chi connectivity index (χ2v) is 6.90. The third-order valence-corrected chi connectivity index (χ3v) is 5.16. The summed E-state index contributed by atoms with van der Waals surface area (Å²) in [5.41, 5.74) is 5.11. The number of halogens is 2. The Kier molecular flexibility index (Phi) is 5.67. The lowest BCUT2D eigenvalue weighted by atomic mass is 9.86. The van der Waals surface area contributed by atoms with Crippen LogP contribution >= 0.6 is 0 Å². The summed E-state index contributed by atoms with van der Waals surface area (Å²) in [5, 5.41) is 0. The zero-order valence-electron chi connectivity index (χ0n) is 15.2. The van der Waals surface area contributed by atoms with Gasteiger partial charge in [-0.3, -0.25) is 0 Å². The van der Waals surface area contributed by atoms with Crippen molar-refractivity contribution in [2.24, 2.45) is 0 Å². The van der Waals surface area contributed by atoms with Crippen LogP contribution in [0.1, 0.15) is 67.3 Å². The lowest BCUT2D eigenvalue weighted by Crippen LogP contribution is -2.05. The molecule has 0 nitrogen and oxygen atoms in total. The standard InChI is InChI=1S/C23H26F2/c1-3-5-6-7-16-8-12-20(22(24)14-16)18-11-13-21-19(15-18)10-9-17(4-2)23(21)25/h8-10,12,14-15H,3-7,11,13H2,1-2H3. The normalized spacial score (nSPS) is 13.5. The number of rotatable bonds is 6. The van der Waals surface area contributed by atoms with Crippen LogP contribution in [0.3, 0.4) is 0 Å². The van der Waals surface area contributed by atoms with Crippen LogP contribution < -0.4 is 0 Å². The number of benzene rings is 2. The molecule has 0 fully saturated rings. The van der Waals surface area contributed by atoms with E-state index >= 15 is 0 Å². The quantitative estimate of drug-likeness (QED) is 0.510. The predicted octanol–water partition coefficient (Wildman–Crippen LogP) is 6.75. The number of aryl methyl sites for hydroxylation is 2. The van der Waals surface area contributed by atoms with Gasteiger partial charge in [0.15, 0.2) is 0 Å². The molecule has 0 bridgehead atoms. The van der Waals surface area contributed by atoms with Crippen molar-refractivity contribution in [1.29, 1.82) is 0 Å². The van der Waals surface area contributed by atoms with Gasteiger partial charge in [-0.05, 0) is 66.0 Å². The molecule has 3 rings (SSSR count). The van der Waals surface area contributed by atoms with Gasteiger partial charge in [-0.2, -0.15) is 0 Å². The molecule has 2 heteroatoms. The van der Waals surface area contributed by atoms with Gasteiger partial charge in [0.05, 0.1) is 0 Å². The van der Waals surface area contributed by atoms with Crippen molar-refractivity contribution in [2.75, 3.05) is 0 Å². The molecule has 1 aliphatic rings. The van der Waals surface area contributed by atoms with Gasteiger partial charge in [0.2, 0.25) is 0 Å². The van der Waals surface area contributed by atoms with Gasteiger partial charge in [0.1, 0.15) is 11.6 Å². The number of unbranched alkanes of at least 4 members (excludes halogenated alkanes) is 2. The summed E-state index contributed by atoms with van der Waals surface area (Å²) in [6, 6.07) is 9.41. The van der Waals surface area contributed by atoms with E-state index in [9.17, 15) is 8.78 Å². The highest BCUT2D eigenvalue weighted by Crippen LogP contribution is 2.34. The van der Waals surface area contributed by atoms with Crippen molar-refractivity contribution in [2.45, 2.75) is 58.8 Å². The zero-order chi connectivity index (χ0) is 17.8. The van der Waals surface area contributed by atoms with Crippen LogP contribution in [0.15, 0.2) is 30.3 Å². The third-order valence-electron chi connectivity index (χ3n) is 5.16. The first-order valence-electron chi connectivity index (χ1n) is 9.43. The Morgan fingerprint density at radius 3 is 2.52 bits per heavy atom. The Bertz CT molecular complexity index is 787. The number of hydrogen-bond donors (Lipinski definition) is 0. The van der Waals surface area contributed by atoms with Crippen LogP contribution in [0.4, 0.5) is 8.78 Å². The van der Waals surface area contributed by atoms with E-state index in [2.05, 4.69) is 6.92 Å². The van der Waals surface area contributed by atoms with Crippen molar-refractivity contribution in [1.82, 2.24) is 0 Å². The number of fused-ring (bicyclic) bond motifs is 1. The Morgan fingerprint density at radius 2 is 1.80 bits per heavy atom. The van der Waals surface area contributed by atoms with Crippen molar-refractivity contribution >= 4 is 11.6 Å². The van der Waals surface area contributed by atoms with Crippen LogP contribution in [-0.4, -0.2) is 0 Å². The molecule has 1 aliphatic carbocycles. The van der Waals surface area contributed by atoms with Gasteiger partial charge in [0, 0.05) is 5.56 Å². The molecule has 0 aromatic heterocycles. The minimum absolute atomic E-state index is 0.0814. The molecule has 0 amide bonds. The third kappa shape index (κ3) is 3.84. The van der Waals surface area contributed by atoms with Gasteiger partial charge in [0.25, 0.3) is 0 Å². The van der Waals surface area contributed by atoms with Gasteiger partial charge in [-0.1, -0.05) is 57.0 Å². The number of hydrogen-bond acceptors (Lipinski definition) is 0. The maximum atomic E-state index is 14.6. The first-order chi connectivity index (χ1) is 12.1. The van der Waals surface area contributed by atoms with Crippen molar-refractivity contribution in [3.05, 3.63) is 69.8 Å². The summed E-state index contributed by atoms with van der Waals surface area (Å²) in [4.78, 5) is 0. The van der Waals surface area contributed by atoms with Crippen LogP contribution in [0.5, 0.6) is 0 Å². The van der Waals surface area contributed by atoms with Gasteiger partial charge >= 0.3 is 0 Å². The highest BCUT2D eigenvalue weighted by Gasteiger charge is 2.19. The average molecular weight is 340 g/mol. The molecule has 0 heterocycles. The molecule has 132 valence electrons. The molecule has 0 aliphatic heterocycles. The summed E-state index contributed by atoms with van der Waals surface area (Å²) < 4.78 is 29.1. The second kappa shape index (κ2) is 7.95. The smallest absolute Gasteiger partial charge is 0.130 e. The monoisotopic (exact) mass is 340 g/mol. The van der Waals surface area contributed by atoms with E-state index in [4.69, 9.17) is 0 Å². The van der Waals surface area contributed by atoms with Crippen LogP contribution in [0.25, 0.3) is 11.6 Å². The van der Waals surface area contributed by atoms with E-state index in [0.29, 0.717) is 24.8 Å². The Balaban J connectivity index is 1.86. The zero-order valence-corrected chi connectivity index (χ0v) is 15.2. The van der Waals surface area contributed by atoms with Gasteiger partial charge < -0.3 is 0 Å². The number of allylic oxidation sites excluding steroid dienone is 1. The maximum absolute atomic E-state index is 14.6. The molecule has 0 spiro atoms. The molecule has 0 saturated carbocycles. The summed E-state index contributed by atoms with van der Waals surface area (Å²) in [6.07, 6.45) is 8.35. The Morgan fingerprint density at radius 1 is 0.960 bits per heavy atom. The first kappa shape index (κ1) is 17.8. The SMILES string of the molecule is CCCCCc1ccc(C2=Cc3ccc(CC)c(F)c3CC2)c(F)c1. The molecule has 25 heavy (non-hydrogen) atoms. The molecule has 2 aromatic rings. The fourth-order valence-corrected chi connectivity index (χ4v) is 3.63. The molecular formula is C23H26F2. The fourth-order valence-electron chi connectivity index (χ4n) is 3.63. The van der Waals surface area contributed by atoms with Crippen molar-refractivity contribution in [3.63, 3.8) is 0 Å². The Hall–Kier alpha value is -1.96. The summed E-state index contributed by atoms with van der Waals surface area (Å²) >= 11 is 0. The average Bonchev–Trinajstić information content (AvgIpc) is 2.62. The molecule has 0 atom stereocenters. The minimum Gasteiger partial charge on any atom is -0.206 e. The second-order valence-electron chi connectivity index (χ2n) is 6.90. The van der Waals surface area contributed by atoms with E-state index in [0.717, 1.165) is 40.7 Å². The minimum atomic E-state index is -0.158. The van der Waals surface area contributed by atoms with E-state index in [-0.39, 0.29) is 11.6 Å². The largest absolute Gasteiger partial charge is 0.206 e. The summed E-state index contributed by atoms with van der Waals surface area (Å²) in [6.45, 7) is 4.13. The molecule has 2 aromatic carbocycles. The topological polar surface area (TPSA) is 0 Å². The molecule has 0 saturated heterocycles. The van der Waals surface area contributed by atoms with Gasteiger partial charge in [-0.15, -0.1) is 0 Å². The van der Waals surface area contributed by atoms with E-state index in [1.807, 2.05) is 37.3 Å². The highest BCUT2D eigenvalue weighted by atomic mass is 19.1. The molecular weight excluding hydrogens is 314 g/mol. The fraction of sp³-hybridized carbons (Fsp3) is 0.391. The molecule has 0 unspecified atom stereocenters. The van der Waals surface area contributed by atoms with E-state index in [1.165, 1.54) is 12.8 Å². The van der Waals surface area contributed by atoms with Crippen LogP contribution in [-0.2, 0) is 19.3 Å². The van der Waals surface area contributed by atoms with Crippen LogP contribution in [0, 0.1) is 11.6 Å². The predicted molar refractivity (Wildman–Crippen MR) is 102 cm³/mol.